The molecule has 466 valence electrons. The molecular weight excluding hydrogens is 1180 g/mol. The Morgan fingerprint density at radius 1 is 0.750 bits per heavy atom. The first kappa shape index (κ1) is 64.0. The number of imide groups is 1. The number of hydrogen-bond acceptors (Lipinski definition) is 18. The lowest BCUT2D eigenvalue weighted by atomic mass is 9.98. The van der Waals surface area contributed by atoms with Gasteiger partial charge in [-0.05, 0) is 135 Å². The number of methoxy groups -OCH3 is 2. The van der Waals surface area contributed by atoms with Crippen LogP contribution in [0.25, 0.3) is 0 Å². The number of aryl methyl sites for hydroxylation is 2. The monoisotopic (exact) mass is 1260 g/mol. The highest BCUT2D eigenvalue weighted by molar-refractivity contribution is 8.77. The number of para-hydroxylation sites is 2. The number of hydrogen-bond donors (Lipinski definition) is 0. The van der Waals surface area contributed by atoms with Gasteiger partial charge in [0.1, 0.15) is 24.2 Å². The van der Waals surface area contributed by atoms with Crippen molar-refractivity contribution in [2.75, 3.05) is 94.5 Å². The predicted octanol–water partition coefficient (Wildman–Crippen LogP) is 9.62. The van der Waals surface area contributed by atoms with Gasteiger partial charge in [0.15, 0.2) is 17.3 Å². The molecule has 4 amide bonds. The van der Waals surface area contributed by atoms with E-state index in [-0.39, 0.29) is 62.9 Å². The molecule has 5 aromatic rings. The van der Waals surface area contributed by atoms with E-state index < -0.39 is 37.7 Å². The molecule has 1 unspecified atom stereocenters. The summed E-state index contributed by atoms with van der Waals surface area (Å²) in [5.74, 6) is 0.0783. The topological polar surface area (TPSA) is 209 Å². The van der Waals surface area contributed by atoms with Gasteiger partial charge in [-0.2, -0.15) is 8.42 Å². The Morgan fingerprint density at radius 2 is 1.41 bits per heavy atom. The van der Waals surface area contributed by atoms with Crippen LogP contribution in [0.3, 0.4) is 0 Å². The number of benzene rings is 5. The molecule has 0 aliphatic carbocycles. The lowest BCUT2D eigenvalue weighted by molar-refractivity contribution is -0.137. The van der Waals surface area contributed by atoms with Crippen molar-refractivity contribution in [2.45, 2.75) is 101 Å². The summed E-state index contributed by atoms with van der Waals surface area (Å²) >= 11 is 0. The Bertz CT molecular complexity index is 3590. The first-order valence-electron chi connectivity index (χ1n) is 29.6. The van der Waals surface area contributed by atoms with Crippen molar-refractivity contribution in [1.29, 1.82) is 0 Å². The first-order chi connectivity index (χ1) is 42.4. The van der Waals surface area contributed by atoms with Gasteiger partial charge in [-0.25, -0.2) is 0 Å². The normalized spacial score (nSPS) is 17.0. The van der Waals surface area contributed by atoms with Gasteiger partial charge in [0, 0.05) is 103 Å². The van der Waals surface area contributed by atoms with Crippen LogP contribution in [0.2, 0.25) is 0 Å². The molecular formula is C66H75N5O14S3. The van der Waals surface area contributed by atoms with Crippen molar-refractivity contribution in [3.63, 3.8) is 0 Å². The number of anilines is 3. The van der Waals surface area contributed by atoms with Gasteiger partial charge in [-0.1, -0.05) is 58.0 Å². The standard InChI is InChI=1S/C66H75N5O14S3/c1-43-30-52-46(17-18-49-34-47-12-7-9-14-55(47)70(49)64(52)75)36-58(43)84-40-44-31-45(41-85-60-38-54-53(37-59(60)80-5)65(76)71-51(39-67-54)35-48-13-8-10-15-56(48)71)33-50(32-44)68(23-24-82-27-28-83-26-25-79-4)42-66(2,3)87-86-29-21-61(88(77,78)81-6)57(72)16-11-22-69-62(73)19-20-63(69)74/h7-10,12-15,19-20,30-33,36-39,49,51,61H,11,16-18,21-29,34-35,40-42H2,1-6H3/t49-,51+,61?/m1/s1. The quantitative estimate of drug-likeness (QED) is 0.0175. The average molecular weight is 1260 g/mol. The molecule has 19 nitrogen and oxygen atoms in total. The second-order valence-electron chi connectivity index (χ2n) is 22.9. The van der Waals surface area contributed by atoms with Gasteiger partial charge in [-0.15, -0.1) is 0 Å². The van der Waals surface area contributed by atoms with E-state index in [1.165, 1.54) is 28.5 Å². The molecule has 5 aromatic carbocycles. The number of carbonyl (C=O) groups excluding carboxylic acids is 5. The molecule has 5 aliphatic heterocycles. The van der Waals surface area contributed by atoms with Gasteiger partial charge in [0.25, 0.3) is 33.7 Å². The molecule has 22 heteroatoms. The molecule has 3 atom stereocenters. The highest BCUT2D eigenvalue weighted by atomic mass is 33.1. The maximum Gasteiger partial charge on any atom is 0.277 e. The number of rotatable bonds is 31. The molecule has 0 aromatic heterocycles. The van der Waals surface area contributed by atoms with E-state index in [9.17, 15) is 32.4 Å². The molecule has 0 radical (unpaired) electrons. The van der Waals surface area contributed by atoms with E-state index in [4.69, 9.17) is 37.6 Å². The first-order valence-corrected chi connectivity index (χ1v) is 33.4. The van der Waals surface area contributed by atoms with Gasteiger partial charge >= 0.3 is 0 Å². The summed E-state index contributed by atoms with van der Waals surface area (Å²) in [5.41, 5.74) is 9.94. The smallest absolute Gasteiger partial charge is 0.277 e. The Balaban J connectivity index is 0.902. The molecule has 0 saturated heterocycles. The maximum atomic E-state index is 14.3. The minimum Gasteiger partial charge on any atom is -0.493 e. The van der Waals surface area contributed by atoms with Crippen LogP contribution in [-0.2, 0) is 75.4 Å². The second kappa shape index (κ2) is 28.6. The van der Waals surface area contributed by atoms with Gasteiger partial charge < -0.3 is 38.2 Å². The number of carbonyl (C=O) groups is 5. The Morgan fingerprint density at radius 3 is 2.11 bits per heavy atom. The summed E-state index contributed by atoms with van der Waals surface area (Å²) in [6, 6.07) is 29.5. The van der Waals surface area contributed by atoms with E-state index in [2.05, 4.69) is 36.9 Å². The van der Waals surface area contributed by atoms with Crippen molar-refractivity contribution < 1.29 is 65.0 Å². The van der Waals surface area contributed by atoms with Crippen LogP contribution in [0.1, 0.15) is 93.6 Å². The second-order valence-corrected chi connectivity index (χ2v) is 27.9. The number of Topliss-reactive ketones (excluding diaryl/α,β-unsaturated/α-hetero) is 1. The Hall–Kier alpha value is -7.05. The van der Waals surface area contributed by atoms with Crippen molar-refractivity contribution in [1.82, 2.24) is 4.90 Å². The zero-order valence-corrected chi connectivity index (χ0v) is 53.0. The molecule has 5 aliphatic rings. The number of fused-ring (bicyclic) bond motifs is 8. The lowest BCUT2D eigenvalue weighted by Gasteiger charge is -2.34. The van der Waals surface area contributed by atoms with Crippen LogP contribution < -0.4 is 28.9 Å². The number of amides is 4. The zero-order valence-electron chi connectivity index (χ0n) is 50.5. The molecule has 0 spiro atoms. The van der Waals surface area contributed by atoms with Gasteiger partial charge in [0.05, 0.1) is 64.5 Å². The minimum atomic E-state index is -4.26. The number of aliphatic imine (C=N–C) groups is 1. The fourth-order valence-corrected chi connectivity index (χ4v) is 15.7. The minimum absolute atomic E-state index is 0.00315. The summed E-state index contributed by atoms with van der Waals surface area (Å²) in [4.78, 5) is 78.1. The van der Waals surface area contributed by atoms with Crippen molar-refractivity contribution >= 4 is 90.1 Å². The fourth-order valence-electron chi connectivity index (χ4n) is 11.9. The molecule has 88 heavy (non-hydrogen) atoms. The van der Waals surface area contributed by atoms with Gasteiger partial charge in [0.2, 0.25) is 0 Å². The van der Waals surface area contributed by atoms with E-state index >= 15 is 0 Å². The summed E-state index contributed by atoms with van der Waals surface area (Å²) in [6.07, 6.45) is 7.12. The largest absolute Gasteiger partial charge is 0.493 e. The van der Waals surface area contributed by atoms with E-state index in [1.54, 1.807) is 42.0 Å². The molecule has 0 bridgehead atoms. The van der Waals surface area contributed by atoms with Crippen LogP contribution in [-0.4, -0.2) is 151 Å². The van der Waals surface area contributed by atoms with Gasteiger partial charge in [-0.3, -0.25) is 42.9 Å². The van der Waals surface area contributed by atoms with E-state index in [0.29, 0.717) is 92.4 Å². The van der Waals surface area contributed by atoms with Crippen molar-refractivity contribution in [3.05, 3.63) is 148 Å². The SMILES string of the molecule is COCCOCCOCCN(CC(C)(C)SSCCC(C(=O)CCCN1C(=O)C=CC1=O)S(=O)(=O)OC)c1cc(COc2cc3c(cc2C)C(=O)N2c4ccccc4C[C@H]2CC3)cc(COc2cc3c(cc2OC)C(=O)N2c4ccccc4C[C@H]2C=N3)c1. The number of ether oxygens (including phenoxy) is 6. The molecule has 0 saturated carbocycles. The molecule has 0 fully saturated rings. The molecule has 0 N–H and O–H groups in total. The van der Waals surface area contributed by atoms with Crippen LogP contribution in [0.15, 0.2) is 108 Å². The Kier molecular flexibility index (Phi) is 20.8. The van der Waals surface area contributed by atoms with Crippen molar-refractivity contribution in [3.8, 4) is 17.2 Å². The zero-order chi connectivity index (χ0) is 62.1. The highest BCUT2D eigenvalue weighted by Crippen LogP contribution is 2.43. The number of nitrogens with zero attached hydrogens (tertiary/aromatic N) is 5. The van der Waals surface area contributed by atoms with Crippen LogP contribution in [0, 0.1) is 6.92 Å². The van der Waals surface area contributed by atoms with Crippen LogP contribution in [0.5, 0.6) is 17.2 Å². The summed E-state index contributed by atoms with van der Waals surface area (Å²) in [7, 11) is 2.95. The summed E-state index contributed by atoms with van der Waals surface area (Å²) in [6.45, 7) is 9.34. The number of ketones is 1. The maximum absolute atomic E-state index is 14.3. The van der Waals surface area contributed by atoms with Crippen LogP contribution in [0.4, 0.5) is 22.7 Å². The predicted molar refractivity (Wildman–Crippen MR) is 342 cm³/mol. The lowest BCUT2D eigenvalue weighted by Crippen LogP contribution is -2.38. The third kappa shape index (κ3) is 14.8. The van der Waals surface area contributed by atoms with E-state index in [0.717, 1.165) is 76.2 Å². The third-order valence-corrected chi connectivity index (χ3v) is 21.2. The molecule has 10 rings (SSSR count). The van der Waals surface area contributed by atoms with Crippen molar-refractivity contribution in [2.24, 2.45) is 4.99 Å². The average Bonchev–Trinajstić information content (AvgIpc) is 2.52. The summed E-state index contributed by atoms with van der Waals surface area (Å²) in [5, 5.41) is -1.43. The van der Waals surface area contributed by atoms with E-state index in [1.807, 2.05) is 78.7 Å². The third-order valence-electron chi connectivity index (χ3n) is 16.3. The summed E-state index contributed by atoms with van der Waals surface area (Å²) < 4.78 is 67.0. The van der Waals surface area contributed by atoms with Crippen LogP contribution >= 0.6 is 21.6 Å². The fraction of sp³-hybridized carbons (Fsp3) is 0.424. The highest BCUT2D eigenvalue weighted by Gasteiger charge is 2.39. The Labute approximate surface area is 522 Å². The molecule has 5 heterocycles.